The molecule has 7 aromatic rings. The molecule has 2 nitrogen and oxygen atoms in total. The van der Waals surface area contributed by atoms with Gasteiger partial charge in [-0.3, -0.25) is 0 Å². The fraction of sp³-hybridized carbons (Fsp3) is 0.0857. The zero-order valence-corrected chi connectivity index (χ0v) is 21.2. The van der Waals surface area contributed by atoms with Gasteiger partial charge in [-0.1, -0.05) is 84.9 Å². The smallest absolute Gasteiger partial charge is 0.0596 e. The molecule has 0 saturated heterocycles. The Balaban J connectivity index is 1.64. The quantitative estimate of drug-likeness (QED) is 0.240. The van der Waals surface area contributed by atoms with Crippen molar-refractivity contribution in [1.29, 1.82) is 0 Å². The van der Waals surface area contributed by atoms with Gasteiger partial charge in [0.1, 0.15) is 0 Å². The molecule has 0 saturated carbocycles. The first-order valence-electron chi connectivity index (χ1n) is 12.9. The average molecular weight is 477 g/mol. The third-order valence-corrected chi connectivity index (χ3v) is 7.63. The van der Waals surface area contributed by atoms with E-state index in [1.54, 1.807) is 0 Å². The van der Waals surface area contributed by atoms with Gasteiger partial charge in [0.2, 0.25) is 0 Å². The van der Waals surface area contributed by atoms with Crippen molar-refractivity contribution in [2.24, 2.45) is 0 Å². The number of aryl methyl sites for hydroxylation is 2. The minimum Gasteiger partial charge on any atom is -0.335 e. The van der Waals surface area contributed by atoms with Crippen molar-refractivity contribution in [2.45, 2.75) is 20.4 Å². The van der Waals surface area contributed by atoms with E-state index >= 15 is 0 Å². The highest BCUT2D eigenvalue weighted by atomic mass is 15.0. The lowest BCUT2D eigenvalue weighted by atomic mass is 10.1. The molecule has 0 fully saturated rings. The molecule has 0 aliphatic heterocycles. The highest BCUT2D eigenvalue weighted by Gasteiger charge is 2.20. The first-order chi connectivity index (χ1) is 18.1. The van der Waals surface area contributed by atoms with Crippen LogP contribution in [0.15, 0.2) is 110 Å². The van der Waals surface area contributed by atoms with Crippen LogP contribution in [-0.4, -0.2) is 9.13 Å². The fourth-order valence-corrected chi connectivity index (χ4v) is 5.88. The van der Waals surface area contributed by atoms with Crippen LogP contribution in [0.2, 0.25) is 0 Å². The van der Waals surface area contributed by atoms with Crippen LogP contribution >= 0.6 is 0 Å². The highest BCUT2D eigenvalue weighted by molar-refractivity contribution is 6.25. The van der Waals surface area contributed by atoms with Crippen LogP contribution < -0.4 is 0 Å². The summed E-state index contributed by atoms with van der Waals surface area (Å²) in [6.45, 7) is 9.08. The molecule has 37 heavy (non-hydrogen) atoms. The average Bonchev–Trinajstić information content (AvgIpc) is 3.41. The Hall–Kier alpha value is -4.56. The van der Waals surface area contributed by atoms with Gasteiger partial charge >= 0.3 is 0 Å². The third kappa shape index (κ3) is 3.33. The molecule has 0 unspecified atom stereocenters. The molecule has 0 aliphatic carbocycles. The largest absolute Gasteiger partial charge is 0.335 e. The maximum absolute atomic E-state index is 3.92. The molecule has 0 amide bonds. The van der Waals surface area contributed by atoms with E-state index in [0.717, 1.165) is 12.1 Å². The van der Waals surface area contributed by atoms with Crippen LogP contribution in [0.25, 0.3) is 55.4 Å². The molecule has 7 rings (SSSR count). The van der Waals surface area contributed by atoms with Gasteiger partial charge in [-0.2, -0.15) is 0 Å². The Morgan fingerprint density at radius 1 is 0.649 bits per heavy atom. The van der Waals surface area contributed by atoms with Gasteiger partial charge in [-0.05, 0) is 66.9 Å². The van der Waals surface area contributed by atoms with Crippen LogP contribution in [0.3, 0.4) is 0 Å². The number of hydrogen-bond acceptors (Lipinski definition) is 0. The maximum atomic E-state index is 3.92. The van der Waals surface area contributed by atoms with E-state index < -0.39 is 0 Å². The zero-order chi connectivity index (χ0) is 25.1. The van der Waals surface area contributed by atoms with Crippen molar-refractivity contribution in [1.82, 2.24) is 9.13 Å². The topological polar surface area (TPSA) is 9.86 Å². The van der Waals surface area contributed by atoms with Gasteiger partial charge in [0.15, 0.2) is 0 Å². The summed E-state index contributed by atoms with van der Waals surface area (Å²) in [4.78, 5) is 0. The summed E-state index contributed by atoms with van der Waals surface area (Å²) in [6.07, 6.45) is 1.90. The van der Waals surface area contributed by atoms with Crippen LogP contribution in [0.1, 0.15) is 22.3 Å². The normalized spacial score (nSPS) is 11.7. The summed E-state index contributed by atoms with van der Waals surface area (Å²) >= 11 is 0. The Kier molecular flexibility index (Phi) is 4.84. The zero-order valence-electron chi connectivity index (χ0n) is 21.2. The standard InChI is InChI=1S/C35H28N2/c1-4-25-12-14-26(15-13-25)22-36-31-18-11-23(2)20-30(31)28-17-19-32-34(35(28)36)29-16-10-24(3)21-33(29)37(32)27-8-6-5-7-9-27/h4-21H,1,22H2,2-3H3. The molecular weight excluding hydrogens is 448 g/mol. The van der Waals surface area contributed by atoms with Gasteiger partial charge in [0, 0.05) is 39.3 Å². The number of para-hydroxylation sites is 1. The summed E-state index contributed by atoms with van der Waals surface area (Å²) in [7, 11) is 0. The van der Waals surface area contributed by atoms with Crippen LogP contribution in [0.4, 0.5) is 0 Å². The lowest BCUT2D eigenvalue weighted by molar-refractivity contribution is 0.871. The third-order valence-electron chi connectivity index (χ3n) is 7.63. The Morgan fingerprint density at radius 3 is 2.14 bits per heavy atom. The molecule has 0 radical (unpaired) electrons. The van der Waals surface area contributed by atoms with Gasteiger partial charge < -0.3 is 9.13 Å². The van der Waals surface area contributed by atoms with Gasteiger partial charge in [0.05, 0.1) is 16.6 Å². The van der Waals surface area contributed by atoms with E-state index in [-0.39, 0.29) is 0 Å². The molecule has 2 heterocycles. The Labute approximate surface area is 216 Å². The second-order valence-corrected chi connectivity index (χ2v) is 10.1. The van der Waals surface area contributed by atoms with Gasteiger partial charge in [0.25, 0.3) is 0 Å². The summed E-state index contributed by atoms with van der Waals surface area (Å²) in [5, 5.41) is 5.22. The van der Waals surface area contributed by atoms with Crippen molar-refractivity contribution < 1.29 is 0 Å². The SMILES string of the molecule is C=Cc1ccc(Cn2c3ccc(C)cc3c3ccc4c(c5ccc(C)cc5n4-c4ccccc4)c32)cc1. The molecule has 5 aromatic carbocycles. The first-order valence-corrected chi connectivity index (χ1v) is 12.9. The summed E-state index contributed by atoms with van der Waals surface area (Å²) < 4.78 is 4.94. The predicted octanol–water partition coefficient (Wildman–Crippen LogP) is 9.20. The van der Waals surface area contributed by atoms with Crippen LogP contribution in [0, 0.1) is 13.8 Å². The molecule has 0 bridgehead atoms. The second-order valence-electron chi connectivity index (χ2n) is 10.1. The van der Waals surface area contributed by atoms with E-state index in [1.807, 2.05) is 6.08 Å². The number of aromatic nitrogens is 2. The minimum atomic E-state index is 0.809. The van der Waals surface area contributed by atoms with E-state index in [2.05, 4.69) is 133 Å². The van der Waals surface area contributed by atoms with Crippen LogP contribution in [-0.2, 0) is 6.54 Å². The van der Waals surface area contributed by atoms with Gasteiger partial charge in [-0.15, -0.1) is 0 Å². The molecule has 178 valence electrons. The molecule has 0 N–H and O–H groups in total. The molecular formula is C35H28N2. The monoisotopic (exact) mass is 476 g/mol. The summed E-state index contributed by atoms with van der Waals surface area (Å²) in [5.74, 6) is 0. The number of nitrogens with zero attached hydrogens (tertiary/aromatic N) is 2. The number of fused-ring (bicyclic) bond motifs is 7. The molecule has 2 aromatic heterocycles. The van der Waals surface area contributed by atoms with E-state index in [1.165, 1.54) is 66.0 Å². The predicted molar refractivity (Wildman–Crippen MR) is 159 cm³/mol. The van der Waals surface area contributed by atoms with Crippen molar-refractivity contribution in [2.75, 3.05) is 0 Å². The number of benzene rings is 5. The fourth-order valence-electron chi connectivity index (χ4n) is 5.88. The second kappa shape index (κ2) is 8.25. The van der Waals surface area contributed by atoms with Crippen molar-refractivity contribution in [3.8, 4) is 5.69 Å². The first kappa shape index (κ1) is 21.7. The number of rotatable bonds is 4. The Morgan fingerprint density at radius 2 is 1.35 bits per heavy atom. The lowest BCUT2D eigenvalue weighted by Gasteiger charge is -2.10. The van der Waals surface area contributed by atoms with Crippen molar-refractivity contribution in [3.05, 3.63) is 132 Å². The lowest BCUT2D eigenvalue weighted by Crippen LogP contribution is -2.00. The highest BCUT2D eigenvalue weighted by Crippen LogP contribution is 2.41. The van der Waals surface area contributed by atoms with E-state index in [0.29, 0.717) is 0 Å². The van der Waals surface area contributed by atoms with E-state index in [4.69, 9.17) is 0 Å². The summed E-state index contributed by atoms with van der Waals surface area (Å²) in [6, 6.07) is 37.8. The minimum absolute atomic E-state index is 0.809. The number of hydrogen-bond donors (Lipinski definition) is 0. The molecule has 0 atom stereocenters. The van der Waals surface area contributed by atoms with Crippen molar-refractivity contribution >= 4 is 49.7 Å². The van der Waals surface area contributed by atoms with Crippen LogP contribution in [0.5, 0.6) is 0 Å². The van der Waals surface area contributed by atoms with E-state index in [9.17, 15) is 0 Å². The summed E-state index contributed by atoms with van der Waals surface area (Å²) in [5.41, 5.74) is 11.2. The molecule has 0 spiro atoms. The Bertz CT molecular complexity index is 1970. The van der Waals surface area contributed by atoms with Gasteiger partial charge in [-0.25, -0.2) is 0 Å². The maximum Gasteiger partial charge on any atom is 0.0596 e. The molecule has 0 aliphatic rings. The van der Waals surface area contributed by atoms with Crippen molar-refractivity contribution in [3.63, 3.8) is 0 Å². The molecule has 2 heteroatoms.